The first-order valence-electron chi connectivity index (χ1n) is 6.72. The fourth-order valence-corrected chi connectivity index (χ4v) is 2.70. The molecule has 0 aliphatic carbocycles. The molecule has 0 aliphatic heterocycles. The zero-order chi connectivity index (χ0) is 15.8. The van der Waals surface area contributed by atoms with Crippen LogP contribution in [-0.2, 0) is 20.8 Å². The highest BCUT2D eigenvalue weighted by Gasteiger charge is 2.04. The maximum Gasteiger partial charge on any atom is 0.274 e. The fourth-order valence-electron chi connectivity index (χ4n) is 1.76. The van der Waals surface area contributed by atoms with E-state index in [0.29, 0.717) is 29.6 Å². The minimum absolute atomic E-state index is 0.0483. The Morgan fingerprint density at radius 1 is 1.36 bits per heavy atom. The van der Waals surface area contributed by atoms with Crippen molar-refractivity contribution in [3.63, 3.8) is 0 Å². The van der Waals surface area contributed by atoms with Crippen LogP contribution in [0.3, 0.4) is 0 Å². The van der Waals surface area contributed by atoms with E-state index in [9.17, 15) is 4.79 Å². The molecule has 5 nitrogen and oxygen atoms in total. The van der Waals surface area contributed by atoms with Gasteiger partial charge in [0.2, 0.25) is 0 Å². The molecule has 0 saturated carbocycles. The molecule has 0 radical (unpaired) electrons. The van der Waals surface area contributed by atoms with E-state index in [2.05, 4.69) is 4.99 Å². The Kier molecular flexibility index (Phi) is 6.79. The predicted octanol–water partition coefficient (Wildman–Crippen LogP) is 2.34. The van der Waals surface area contributed by atoms with Crippen molar-refractivity contribution < 1.29 is 14.3 Å². The summed E-state index contributed by atoms with van der Waals surface area (Å²) in [6, 6.07) is 7.61. The number of nitrogens with zero attached hydrogens (tertiary/aromatic N) is 2. The van der Waals surface area contributed by atoms with Gasteiger partial charge in [-0.15, -0.1) is 11.3 Å². The molecule has 0 fully saturated rings. The number of hydrogen-bond acceptors (Lipinski definition) is 4. The molecule has 7 heteroatoms. The van der Waals surface area contributed by atoms with Gasteiger partial charge in [-0.05, 0) is 11.6 Å². The van der Waals surface area contributed by atoms with Gasteiger partial charge in [0.1, 0.15) is 6.61 Å². The van der Waals surface area contributed by atoms with Gasteiger partial charge in [0.25, 0.3) is 5.91 Å². The third kappa shape index (κ3) is 5.06. The lowest BCUT2D eigenvalue weighted by Crippen LogP contribution is -2.19. The molecule has 1 amide bonds. The zero-order valence-corrected chi connectivity index (χ0v) is 13.8. The SMILES string of the molecule is COCCOCC(=O)N=c1sccn1Cc1ccccc1Cl. The minimum atomic E-state index is -0.313. The van der Waals surface area contributed by atoms with E-state index in [1.54, 1.807) is 7.11 Å². The Bertz CT molecular complexity index is 681. The molecule has 1 heterocycles. The second kappa shape index (κ2) is 8.85. The molecule has 0 N–H and O–H groups in total. The van der Waals surface area contributed by atoms with Crippen molar-refractivity contribution in [1.82, 2.24) is 4.57 Å². The molecule has 118 valence electrons. The fraction of sp³-hybridized carbons (Fsp3) is 0.333. The van der Waals surface area contributed by atoms with Crippen LogP contribution in [0.25, 0.3) is 0 Å². The summed E-state index contributed by atoms with van der Waals surface area (Å²) in [5, 5.41) is 2.58. The number of aromatic nitrogens is 1. The molecule has 0 atom stereocenters. The van der Waals surface area contributed by atoms with Crippen molar-refractivity contribution in [2.24, 2.45) is 4.99 Å². The molecular weight excluding hydrogens is 324 g/mol. The molecule has 22 heavy (non-hydrogen) atoms. The van der Waals surface area contributed by atoms with Gasteiger partial charge < -0.3 is 14.0 Å². The van der Waals surface area contributed by atoms with Gasteiger partial charge in [0.15, 0.2) is 4.80 Å². The van der Waals surface area contributed by atoms with Gasteiger partial charge in [0, 0.05) is 23.7 Å². The predicted molar refractivity (Wildman–Crippen MR) is 86.1 cm³/mol. The number of rotatable bonds is 7. The summed E-state index contributed by atoms with van der Waals surface area (Å²) in [6.45, 7) is 1.35. The molecule has 1 aromatic heterocycles. The molecule has 0 saturated heterocycles. The lowest BCUT2D eigenvalue weighted by Gasteiger charge is -2.05. The van der Waals surface area contributed by atoms with Crippen LogP contribution in [0.15, 0.2) is 40.8 Å². The number of carbonyl (C=O) groups excluding carboxylic acids is 1. The Balaban J connectivity index is 2.04. The van der Waals surface area contributed by atoms with Crippen LogP contribution >= 0.6 is 22.9 Å². The van der Waals surface area contributed by atoms with Gasteiger partial charge in [-0.2, -0.15) is 4.99 Å². The Labute approximate surface area is 137 Å². The van der Waals surface area contributed by atoms with Crippen molar-refractivity contribution in [3.8, 4) is 0 Å². The van der Waals surface area contributed by atoms with E-state index < -0.39 is 0 Å². The minimum Gasteiger partial charge on any atom is -0.382 e. The Hall–Kier alpha value is -1.47. The highest BCUT2D eigenvalue weighted by Crippen LogP contribution is 2.15. The van der Waals surface area contributed by atoms with Crippen LogP contribution in [0.2, 0.25) is 5.02 Å². The van der Waals surface area contributed by atoms with E-state index in [1.807, 2.05) is 40.4 Å². The molecule has 2 aromatic rings. The standard InChI is InChI=1S/C15H17ClN2O3S/c1-20-7-8-21-11-14(19)17-15-18(6-9-22-15)10-12-4-2-3-5-13(12)16/h2-6,9H,7-8,10-11H2,1H3. The quantitative estimate of drug-likeness (QED) is 0.727. The number of carbonyl (C=O) groups is 1. The number of hydrogen-bond donors (Lipinski definition) is 0. The van der Waals surface area contributed by atoms with Gasteiger partial charge in [-0.1, -0.05) is 29.8 Å². The van der Waals surface area contributed by atoms with Gasteiger partial charge in [-0.3, -0.25) is 4.79 Å². The number of ether oxygens (including phenoxy) is 2. The number of amides is 1. The normalized spacial score (nSPS) is 11.8. The molecule has 0 bridgehead atoms. The second-order valence-corrected chi connectivity index (χ2v) is 5.74. The number of thiazole rings is 1. The molecule has 0 aliphatic rings. The van der Waals surface area contributed by atoms with Crippen molar-refractivity contribution in [3.05, 3.63) is 51.2 Å². The third-order valence-corrected chi connectivity index (χ3v) is 4.00. The van der Waals surface area contributed by atoms with Crippen molar-refractivity contribution in [2.75, 3.05) is 26.9 Å². The van der Waals surface area contributed by atoms with E-state index in [0.717, 1.165) is 5.56 Å². The average molecular weight is 341 g/mol. The average Bonchev–Trinajstić information content (AvgIpc) is 2.93. The lowest BCUT2D eigenvalue weighted by molar-refractivity contribution is -0.123. The lowest BCUT2D eigenvalue weighted by atomic mass is 10.2. The summed E-state index contributed by atoms with van der Waals surface area (Å²) in [7, 11) is 1.58. The van der Waals surface area contributed by atoms with Crippen LogP contribution in [0.4, 0.5) is 0 Å². The summed E-state index contributed by atoms with van der Waals surface area (Å²) in [6.07, 6.45) is 1.88. The Morgan fingerprint density at radius 2 is 2.18 bits per heavy atom. The summed E-state index contributed by atoms with van der Waals surface area (Å²) in [4.78, 5) is 16.5. The number of benzene rings is 1. The van der Waals surface area contributed by atoms with Crippen LogP contribution in [0.5, 0.6) is 0 Å². The van der Waals surface area contributed by atoms with E-state index in [1.165, 1.54) is 11.3 Å². The maximum absolute atomic E-state index is 11.8. The summed E-state index contributed by atoms with van der Waals surface area (Å²) >= 11 is 7.56. The summed E-state index contributed by atoms with van der Waals surface area (Å²) in [5.74, 6) is -0.313. The van der Waals surface area contributed by atoms with Crippen LogP contribution in [0, 0.1) is 0 Å². The van der Waals surface area contributed by atoms with E-state index in [4.69, 9.17) is 21.1 Å². The Morgan fingerprint density at radius 3 is 2.95 bits per heavy atom. The number of methoxy groups -OCH3 is 1. The van der Waals surface area contributed by atoms with Crippen LogP contribution in [-0.4, -0.2) is 37.4 Å². The summed E-state index contributed by atoms with van der Waals surface area (Å²) in [5.41, 5.74) is 0.979. The summed E-state index contributed by atoms with van der Waals surface area (Å²) < 4.78 is 11.9. The van der Waals surface area contributed by atoms with Gasteiger partial charge in [0.05, 0.1) is 19.8 Å². The smallest absolute Gasteiger partial charge is 0.274 e. The van der Waals surface area contributed by atoms with Crippen molar-refractivity contribution in [2.45, 2.75) is 6.54 Å². The molecular formula is C15H17ClN2O3S. The van der Waals surface area contributed by atoms with Crippen molar-refractivity contribution >= 4 is 28.8 Å². The number of halogens is 1. The highest BCUT2D eigenvalue weighted by molar-refractivity contribution is 7.07. The first kappa shape index (κ1) is 16.9. The monoisotopic (exact) mass is 340 g/mol. The largest absolute Gasteiger partial charge is 0.382 e. The van der Waals surface area contributed by atoms with Gasteiger partial charge >= 0.3 is 0 Å². The zero-order valence-electron chi connectivity index (χ0n) is 12.2. The first-order valence-corrected chi connectivity index (χ1v) is 7.98. The third-order valence-electron chi connectivity index (χ3n) is 2.84. The van der Waals surface area contributed by atoms with E-state index >= 15 is 0 Å². The first-order chi connectivity index (χ1) is 10.7. The van der Waals surface area contributed by atoms with Crippen LogP contribution < -0.4 is 4.80 Å². The maximum atomic E-state index is 11.8. The molecule has 0 spiro atoms. The van der Waals surface area contributed by atoms with Crippen molar-refractivity contribution in [1.29, 1.82) is 0 Å². The topological polar surface area (TPSA) is 52.8 Å². The van der Waals surface area contributed by atoms with Gasteiger partial charge in [-0.25, -0.2) is 0 Å². The molecule has 2 rings (SSSR count). The molecule has 1 aromatic carbocycles. The second-order valence-electron chi connectivity index (χ2n) is 4.46. The molecule has 0 unspecified atom stereocenters. The van der Waals surface area contributed by atoms with E-state index in [-0.39, 0.29) is 12.5 Å². The van der Waals surface area contributed by atoms with Crippen LogP contribution in [0.1, 0.15) is 5.56 Å². The highest BCUT2D eigenvalue weighted by atomic mass is 35.5.